The Balaban J connectivity index is 0. The fourth-order valence-electron chi connectivity index (χ4n) is 0.457. The van der Waals surface area contributed by atoms with Crippen LogP contribution in [0, 0.1) is 0 Å². The van der Waals surface area contributed by atoms with Crippen LogP contribution in [0.25, 0.3) is 0 Å². The van der Waals surface area contributed by atoms with Gasteiger partial charge in [-0.3, -0.25) is 0 Å². The van der Waals surface area contributed by atoms with Gasteiger partial charge < -0.3 is 10.9 Å². The Labute approximate surface area is 71.4 Å². The van der Waals surface area contributed by atoms with Crippen LogP contribution in [0.3, 0.4) is 0 Å². The molecule has 3 heteroatoms. The van der Waals surface area contributed by atoms with Crippen LogP contribution in [0.2, 0.25) is 0 Å². The second kappa shape index (κ2) is 5.89. The number of methoxy groups -OCH3 is 1. The first-order valence-corrected chi connectivity index (χ1v) is 3.74. The van der Waals surface area contributed by atoms with Crippen molar-refractivity contribution in [3.63, 3.8) is 0 Å². The van der Waals surface area contributed by atoms with E-state index in [1.165, 1.54) is 5.57 Å². The van der Waals surface area contributed by atoms with E-state index in [4.69, 9.17) is 4.74 Å². The molecule has 0 saturated carbocycles. The van der Waals surface area contributed by atoms with Crippen LogP contribution in [0.4, 0.5) is 0 Å². The molecule has 0 amide bonds. The van der Waals surface area contributed by atoms with Crippen molar-refractivity contribution in [1.82, 2.24) is 6.15 Å². The molecule has 0 aromatic heterocycles. The highest BCUT2D eigenvalue weighted by atomic mass is 79.9. The van der Waals surface area contributed by atoms with Gasteiger partial charge in [-0.1, -0.05) is 15.9 Å². The molecule has 3 N–H and O–H groups in total. The summed E-state index contributed by atoms with van der Waals surface area (Å²) in [6.07, 6.45) is 0.226. The maximum absolute atomic E-state index is 5.09. The minimum atomic E-state index is 0. The van der Waals surface area contributed by atoms with Gasteiger partial charge in [-0.05, 0) is 30.8 Å². The third-order valence-electron chi connectivity index (χ3n) is 1.51. The summed E-state index contributed by atoms with van der Waals surface area (Å²) in [5.74, 6) is 0. The Morgan fingerprint density at radius 1 is 1.40 bits per heavy atom. The van der Waals surface area contributed by atoms with Gasteiger partial charge in [0.1, 0.15) is 0 Å². The lowest BCUT2D eigenvalue weighted by Gasteiger charge is -2.10. The van der Waals surface area contributed by atoms with Crippen LogP contribution in [0.1, 0.15) is 20.8 Å². The van der Waals surface area contributed by atoms with Gasteiger partial charge in [0, 0.05) is 7.11 Å². The molecule has 0 aliphatic carbocycles. The zero-order valence-corrected chi connectivity index (χ0v) is 8.66. The second-order valence-corrected chi connectivity index (χ2v) is 3.28. The molecular formula is C7H16BrNO. The first-order valence-electron chi connectivity index (χ1n) is 2.95. The smallest absolute Gasteiger partial charge is 0.0760 e. The highest BCUT2D eigenvalue weighted by molar-refractivity contribution is 9.11. The van der Waals surface area contributed by atoms with Crippen LogP contribution in [-0.2, 0) is 4.74 Å². The van der Waals surface area contributed by atoms with Crippen molar-refractivity contribution in [2.75, 3.05) is 7.11 Å². The molecule has 0 aliphatic rings. The predicted molar refractivity (Wildman–Crippen MR) is 48.8 cm³/mol. The van der Waals surface area contributed by atoms with E-state index >= 15 is 0 Å². The van der Waals surface area contributed by atoms with Crippen molar-refractivity contribution in [2.24, 2.45) is 0 Å². The third kappa shape index (κ3) is 4.04. The zero-order valence-electron chi connectivity index (χ0n) is 7.07. The fourth-order valence-corrected chi connectivity index (χ4v) is 0.779. The van der Waals surface area contributed by atoms with Gasteiger partial charge in [-0.2, -0.15) is 0 Å². The minimum absolute atomic E-state index is 0. The van der Waals surface area contributed by atoms with E-state index in [0.29, 0.717) is 0 Å². The molecule has 0 fully saturated rings. The fraction of sp³-hybridized carbons (Fsp3) is 0.714. The molecule has 10 heavy (non-hydrogen) atoms. The molecule has 1 unspecified atom stereocenters. The molecule has 0 bridgehead atoms. The Kier molecular flexibility index (Phi) is 7.53. The molecule has 0 saturated heterocycles. The Morgan fingerprint density at radius 3 is 1.90 bits per heavy atom. The van der Waals surface area contributed by atoms with Gasteiger partial charge in [-0.25, -0.2) is 0 Å². The van der Waals surface area contributed by atoms with E-state index < -0.39 is 0 Å². The predicted octanol–water partition coefficient (Wildman–Crippen LogP) is 2.87. The molecule has 0 aliphatic heterocycles. The minimum Gasteiger partial charge on any atom is -0.377 e. The highest BCUT2D eigenvalue weighted by Gasteiger charge is 2.02. The van der Waals surface area contributed by atoms with Gasteiger partial charge >= 0.3 is 0 Å². The second-order valence-electron chi connectivity index (χ2n) is 2.09. The van der Waals surface area contributed by atoms with E-state index in [-0.39, 0.29) is 12.3 Å². The van der Waals surface area contributed by atoms with Crippen molar-refractivity contribution >= 4 is 15.9 Å². The van der Waals surface area contributed by atoms with Crippen molar-refractivity contribution in [3.8, 4) is 0 Å². The van der Waals surface area contributed by atoms with E-state index in [1.807, 2.05) is 13.8 Å². The quantitative estimate of drug-likeness (QED) is 0.761. The first-order chi connectivity index (χ1) is 4.09. The van der Waals surface area contributed by atoms with Crippen LogP contribution in [-0.4, -0.2) is 13.2 Å². The molecule has 0 spiro atoms. The normalized spacial score (nSPS) is 15.3. The van der Waals surface area contributed by atoms with Gasteiger partial charge in [0.05, 0.1) is 6.10 Å². The first kappa shape index (κ1) is 12.8. The number of allylic oxidation sites excluding steroid dienone is 1. The van der Waals surface area contributed by atoms with Crippen molar-refractivity contribution in [3.05, 3.63) is 10.1 Å². The molecule has 62 valence electrons. The standard InChI is InChI=1S/C7H13BrO.H3N/c1-5(6(2)8)7(3)9-4;/h7H,1-4H3;1H3/b6-5-;. The van der Waals surface area contributed by atoms with Crippen molar-refractivity contribution in [1.29, 1.82) is 0 Å². The highest BCUT2D eigenvalue weighted by Crippen LogP contribution is 2.14. The average molecular weight is 210 g/mol. The lowest BCUT2D eigenvalue weighted by atomic mass is 10.2. The molecule has 1 atom stereocenters. The monoisotopic (exact) mass is 209 g/mol. The van der Waals surface area contributed by atoms with Gasteiger partial charge in [-0.15, -0.1) is 0 Å². The van der Waals surface area contributed by atoms with Crippen LogP contribution in [0.15, 0.2) is 10.1 Å². The van der Waals surface area contributed by atoms with E-state index in [1.54, 1.807) is 7.11 Å². The number of rotatable bonds is 2. The largest absolute Gasteiger partial charge is 0.377 e. The number of halogens is 1. The summed E-state index contributed by atoms with van der Waals surface area (Å²) in [7, 11) is 1.71. The molecule has 0 aromatic carbocycles. The Bertz CT molecular complexity index is 119. The summed E-state index contributed by atoms with van der Waals surface area (Å²) in [6.45, 7) is 6.10. The summed E-state index contributed by atoms with van der Waals surface area (Å²) in [5, 5.41) is 0. The maximum atomic E-state index is 5.09. The van der Waals surface area contributed by atoms with Gasteiger partial charge in [0.15, 0.2) is 0 Å². The molecule has 0 rings (SSSR count). The number of ether oxygens (including phenoxy) is 1. The van der Waals surface area contributed by atoms with Gasteiger partial charge in [0.2, 0.25) is 0 Å². The molecule has 0 radical (unpaired) electrons. The lowest BCUT2D eigenvalue weighted by Crippen LogP contribution is -2.06. The topological polar surface area (TPSA) is 44.2 Å². The molecule has 2 nitrogen and oxygen atoms in total. The van der Waals surface area contributed by atoms with Gasteiger partial charge in [0.25, 0.3) is 0 Å². The SMILES string of the molecule is COC(C)/C(C)=C(/C)Br.N. The van der Waals surface area contributed by atoms with Crippen molar-refractivity contribution < 1.29 is 4.74 Å². The Hall–Kier alpha value is 0.140. The number of hydrogen-bond acceptors (Lipinski definition) is 2. The van der Waals surface area contributed by atoms with Crippen molar-refractivity contribution in [2.45, 2.75) is 26.9 Å². The zero-order chi connectivity index (χ0) is 7.44. The lowest BCUT2D eigenvalue weighted by molar-refractivity contribution is 0.146. The van der Waals surface area contributed by atoms with Crippen LogP contribution < -0.4 is 6.15 Å². The average Bonchev–Trinajstić information content (AvgIpc) is 1.84. The maximum Gasteiger partial charge on any atom is 0.0760 e. The van der Waals surface area contributed by atoms with Crippen LogP contribution >= 0.6 is 15.9 Å². The molecular weight excluding hydrogens is 194 g/mol. The van der Waals surface area contributed by atoms with Crippen LogP contribution in [0.5, 0.6) is 0 Å². The summed E-state index contributed by atoms with van der Waals surface area (Å²) >= 11 is 3.38. The summed E-state index contributed by atoms with van der Waals surface area (Å²) in [6, 6.07) is 0. The summed E-state index contributed by atoms with van der Waals surface area (Å²) in [4.78, 5) is 0. The molecule has 0 heterocycles. The van der Waals surface area contributed by atoms with E-state index in [2.05, 4.69) is 22.9 Å². The summed E-state index contributed by atoms with van der Waals surface area (Å²) < 4.78 is 6.25. The Morgan fingerprint density at radius 2 is 1.80 bits per heavy atom. The number of hydrogen-bond donors (Lipinski definition) is 1. The van der Waals surface area contributed by atoms with E-state index in [0.717, 1.165) is 4.48 Å². The molecule has 0 aromatic rings. The summed E-state index contributed by atoms with van der Waals surface area (Å²) in [5.41, 5.74) is 1.25. The van der Waals surface area contributed by atoms with E-state index in [9.17, 15) is 0 Å². The third-order valence-corrected chi connectivity index (χ3v) is 2.13.